The van der Waals surface area contributed by atoms with Gasteiger partial charge in [-0.15, -0.1) is 16.4 Å². The molecule has 0 radical (unpaired) electrons. The Hall–Kier alpha value is -2.27. The fraction of sp³-hybridized carbons (Fsp3) is 0.350. The molecule has 0 spiro atoms. The molecule has 3 heterocycles. The van der Waals surface area contributed by atoms with Crippen LogP contribution in [0.1, 0.15) is 43.0 Å². The monoisotopic (exact) mass is 480 g/mol. The Morgan fingerprint density at radius 2 is 2.00 bits per heavy atom. The highest BCUT2D eigenvalue weighted by Crippen LogP contribution is 2.31. The number of nitrogens with zero attached hydrogens (tertiary/aromatic N) is 3. The Labute approximate surface area is 189 Å². The van der Waals surface area contributed by atoms with Gasteiger partial charge in [-0.3, -0.25) is 10.1 Å². The minimum atomic E-state index is -3.60. The molecule has 8 nitrogen and oxygen atoms in total. The molecule has 31 heavy (non-hydrogen) atoms. The van der Waals surface area contributed by atoms with Crippen LogP contribution in [0.3, 0.4) is 0 Å². The number of piperidine rings is 1. The molecular formula is C20H21ClN4O4S2. The lowest BCUT2D eigenvalue weighted by Gasteiger charge is -2.34. The van der Waals surface area contributed by atoms with E-state index >= 15 is 0 Å². The summed E-state index contributed by atoms with van der Waals surface area (Å²) in [6.45, 7) is 2.53. The lowest BCUT2D eigenvalue weighted by Crippen LogP contribution is -2.43. The number of benzene rings is 1. The van der Waals surface area contributed by atoms with Crippen LogP contribution in [0.15, 0.2) is 45.7 Å². The van der Waals surface area contributed by atoms with Crippen molar-refractivity contribution in [3.05, 3.63) is 46.3 Å². The molecular weight excluding hydrogens is 460 g/mol. The van der Waals surface area contributed by atoms with Crippen LogP contribution in [-0.4, -0.2) is 41.4 Å². The van der Waals surface area contributed by atoms with Gasteiger partial charge in [0.15, 0.2) is 0 Å². The predicted molar refractivity (Wildman–Crippen MR) is 119 cm³/mol. The third-order valence-electron chi connectivity index (χ3n) is 5.20. The zero-order chi connectivity index (χ0) is 22.0. The molecule has 0 saturated carbocycles. The number of amides is 1. The molecule has 1 unspecified atom stereocenters. The molecule has 1 atom stereocenters. The molecule has 1 amide bonds. The van der Waals surface area contributed by atoms with Gasteiger partial charge >= 0.3 is 6.01 Å². The van der Waals surface area contributed by atoms with Crippen molar-refractivity contribution in [2.75, 3.05) is 11.9 Å². The van der Waals surface area contributed by atoms with Crippen LogP contribution in [0.25, 0.3) is 10.8 Å². The summed E-state index contributed by atoms with van der Waals surface area (Å²) in [5.74, 6) is -0.228. The average Bonchev–Trinajstić information content (AvgIpc) is 3.42. The van der Waals surface area contributed by atoms with E-state index in [1.165, 1.54) is 35.6 Å². The summed E-state index contributed by atoms with van der Waals surface area (Å²) >= 11 is 7.19. The van der Waals surface area contributed by atoms with Gasteiger partial charge < -0.3 is 4.42 Å². The van der Waals surface area contributed by atoms with Crippen LogP contribution >= 0.6 is 22.9 Å². The molecule has 0 bridgehead atoms. The van der Waals surface area contributed by atoms with Crippen LogP contribution in [-0.2, 0) is 10.0 Å². The highest BCUT2D eigenvalue weighted by molar-refractivity contribution is 7.89. The number of sulfonamides is 1. The summed E-state index contributed by atoms with van der Waals surface area (Å²) in [6, 6.07) is 9.29. The molecule has 4 rings (SSSR count). The van der Waals surface area contributed by atoms with Crippen LogP contribution in [0.2, 0.25) is 4.34 Å². The zero-order valence-corrected chi connectivity index (χ0v) is 19.1. The van der Waals surface area contributed by atoms with Crippen molar-refractivity contribution in [1.82, 2.24) is 14.5 Å². The van der Waals surface area contributed by atoms with Gasteiger partial charge in [0.1, 0.15) is 0 Å². The third kappa shape index (κ3) is 4.67. The van der Waals surface area contributed by atoms with Gasteiger partial charge in [0.2, 0.25) is 10.0 Å². The van der Waals surface area contributed by atoms with E-state index in [1.54, 1.807) is 16.4 Å². The lowest BCUT2D eigenvalue weighted by atomic mass is 10.0. The number of rotatable bonds is 6. The van der Waals surface area contributed by atoms with Gasteiger partial charge in [0.25, 0.3) is 11.8 Å². The molecule has 1 N–H and O–H groups in total. The molecule has 1 aliphatic heterocycles. The standard InChI is InChI=1S/C20H21ClN4O4S2/c1-2-14-5-3-4-12-25(14)31(27,28)15-8-6-13(7-9-15)18(26)22-20-24-23-19(29-20)16-10-11-17(21)30-16/h6-11,14H,2-5,12H2,1H3,(H,22,24,26). The van der Waals surface area contributed by atoms with Gasteiger partial charge in [-0.1, -0.05) is 30.0 Å². The Morgan fingerprint density at radius 1 is 1.23 bits per heavy atom. The summed E-state index contributed by atoms with van der Waals surface area (Å²) < 4.78 is 33.7. The van der Waals surface area contributed by atoms with E-state index in [9.17, 15) is 13.2 Å². The second-order valence-electron chi connectivity index (χ2n) is 7.17. The second-order valence-corrected chi connectivity index (χ2v) is 10.8. The number of halogens is 1. The summed E-state index contributed by atoms with van der Waals surface area (Å²) in [4.78, 5) is 13.4. The SMILES string of the molecule is CCC1CCCCN1S(=O)(=O)c1ccc(C(=O)Nc2nnc(-c3ccc(Cl)s3)o2)cc1. The smallest absolute Gasteiger partial charge is 0.322 e. The predicted octanol–water partition coefficient (Wildman–Crippen LogP) is 4.66. The maximum Gasteiger partial charge on any atom is 0.322 e. The van der Waals surface area contributed by atoms with Crippen molar-refractivity contribution in [3.8, 4) is 10.8 Å². The molecule has 1 fully saturated rings. The minimum Gasteiger partial charge on any atom is -0.402 e. The van der Waals surface area contributed by atoms with E-state index in [0.29, 0.717) is 15.8 Å². The van der Waals surface area contributed by atoms with Crippen LogP contribution in [0.5, 0.6) is 0 Å². The van der Waals surface area contributed by atoms with E-state index < -0.39 is 15.9 Å². The summed E-state index contributed by atoms with van der Waals surface area (Å²) in [6.07, 6.45) is 3.56. The van der Waals surface area contributed by atoms with Gasteiger partial charge in [-0.05, 0) is 55.7 Å². The number of thiophene rings is 1. The Bertz CT molecular complexity index is 1170. The maximum atomic E-state index is 13.1. The Balaban J connectivity index is 1.46. The molecule has 3 aromatic rings. The van der Waals surface area contributed by atoms with Gasteiger partial charge in [-0.2, -0.15) is 4.31 Å². The molecule has 2 aromatic heterocycles. The Morgan fingerprint density at radius 3 is 2.68 bits per heavy atom. The second kappa shape index (κ2) is 9.07. The van der Waals surface area contributed by atoms with Crippen LogP contribution in [0.4, 0.5) is 6.01 Å². The van der Waals surface area contributed by atoms with E-state index in [2.05, 4.69) is 15.5 Å². The molecule has 0 aliphatic carbocycles. The topological polar surface area (TPSA) is 105 Å². The van der Waals surface area contributed by atoms with Gasteiger partial charge in [0, 0.05) is 18.2 Å². The number of anilines is 1. The van der Waals surface area contributed by atoms with E-state index in [0.717, 1.165) is 25.7 Å². The summed E-state index contributed by atoms with van der Waals surface area (Å²) in [5, 5.41) is 10.2. The first kappa shape index (κ1) is 21.9. The van der Waals surface area contributed by atoms with Crippen molar-refractivity contribution in [1.29, 1.82) is 0 Å². The molecule has 11 heteroatoms. The lowest BCUT2D eigenvalue weighted by molar-refractivity contribution is 0.102. The van der Waals surface area contributed by atoms with Gasteiger partial charge in [-0.25, -0.2) is 8.42 Å². The molecule has 1 aromatic carbocycles. The quantitative estimate of drug-likeness (QED) is 0.550. The number of nitrogens with one attached hydrogen (secondary N) is 1. The number of carbonyl (C=O) groups excluding carboxylic acids is 1. The van der Waals surface area contributed by atoms with Crippen molar-refractivity contribution in [2.45, 2.75) is 43.5 Å². The van der Waals surface area contributed by atoms with Crippen LogP contribution < -0.4 is 5.32 Å². The highest BCUT2D eigenvalue weighted by atomic mass is 35.5. The third-order valence-corrected chi connectivity index (χ3v) is 8.38. The van der Waals surface area contributed by atoms with E-state index in [1.807, 2.05) is 6.92 Å². The zero-order valence-electron chi connectivity index (χ0n) is 16.7. The fourth-order valence-electron chi connectivity index (χ4n) is 3.58. The molecule has 164 valence electrons. The molecule has 1 aliphatic rings. The number of carbonyl (C=O) groups is 1. The normalized spacial score (nSPS) is 17.5. The van der Waals surface area contributed by atoms with Crippen molar-refractivity contribution >= 4 is 44.9 Å². The molecule has 1 saturated heterocycles. The summed E-state index contributed by atoms with van der Waals surface area (Å²) in [7, 11) is -3.60. The Kier molecular flexibility index (Phi) is 6.42. The van der Waals surface area contributed by atoms with E-state index in [-0.39, 0.29) is 28.4 Å². The first-order valence-corrected chi connectivity index (χ1v) is 12.5. The largest absolute Gasteiger partial charge is 0.402 e. The number of hydrogen-bond donors (Lipinski definition) is 1. The minimum absolute atomic E-state index is 0.0201. The number of aromatic nitrogens is 2. The maximum absolute atomic E-state index is 13.1. The summed E-state index contributed by atoms with van der Waals surface area (Å²) in [5.41, 5.74) is 0.281. The highest BCUT2D eigenvalue weighted by Gasteiger charge is 2.32. The van der Waals surface area contributed by atoms with Crippen molar-refractivity contribution in [2.24, 2.45) is 0 Å². The van der Waals surface area contributed by atoms with Gasteiger partial charge in [0.05, 0.1) is 14.1 Å². The first-order valence-electron chi connectivity index (χ1n) is 9.91. The van der Waals surface area contributed by atoms with Crippen LogP contribution in [0, 0.1) is 0 Å². The number of hydrogen-bond acceptors (Lipinski definition) is 7. The first-order chi connectivity index (χ1) is 14.9. The average molecular weight is 481 g/mol. The van der Waals surface area contributed by atoms with Crippen molar-refractivity contribution in [3.63, 3.8) is 0 Å². The van der Waals surface area contributed by atoms with Crippen molar-refractivity contribution < 1.29 is 17.6 Å². The fourth-order valence-corrected chi connectivity index (χ4v) is 6.32. The van der Waals surface area contributed by atoms with E-state index in [4.69, 9.17) is 16.0 Å².